The van der Waals surface area contributed by atoms with Crippen LogP contribution >= 0.6 is 11.3 Å². The van der Waals surface area contributed by atoms with Gasteiger partial charge < -0.3 is 4.90 Å². The van der Waals surface area contributed by atoms with Gasteiger partial charge in [-0.1, -0.05) is 19.9 Å². The van der Waals surface area contributed by atoms with Crippen LogP contribution in [0.4, 0.5) is 4.39 Å². The van der Waals surface area contributed by atoms with Crippen molar-refractivity contribution in [2.24, 2.45) is 0 Å². The standard InChI is InChI=1S/C19H22FNOS/c1-3-21(4-2)10-9-17(22)18-11-14-6-5-13-7-8-15(20)12-16(13)19(14)23-18/h7-8,11-12H,3-6,9-10H2,1-2H3. The minimum atomic E-state index is -0.209. The molecule has 2 aromatic rings. The molecule has 1 aromatic heterocycles. The molecule has 0 amide bonds. The number of nitrogens with zero attached hydrogens (tertiary/aromatic N) is 1. The summed E-state index contributed by atoms with van der Waals surface area (Å²) in [6, 6.07) is 7.02. The summed E-state index contributed by atoms with van der Waals surface area (Å²) in [5.74, 6) is -0.00587. The van der Waals surface area contributed by atoms with E-state index in [-0.39, 0.29) is 11.6 Å². The van der Waals surface area contributed by atoms with Crippen molar-refractivity contribution in [2.45, 2.75) is 33.1 Å². The molecule has 0 saturated carbocycles. The van der Waals surface area contributed by atoms with Gasteiger partial charge in [-0.15, -0.1) is 11.3 Å². The van der Waals surface area contributed by atoms with Gasteiger partial charge in [-0.2, -0.15) is 0 Å². The van der Waals surface area contributed by atoms with Gasteiger partial charge in [0.25, 0.3) is 0 Å². The van der Waals surface area contributed by atoms with Crippen molar-refractivity contribution < 1.29 is 9.18 Å². The van der Waals surface area contributed by atoms with E-state index in [1.54, 1.807) is 6.07 Å². The van der Waals surface area contributed by atoms with Crippen LogP contribution < -0.4 is 0 Å². The Morgan fingerprint density at radius 3 is 2.65 bits per heavy atom. The predicted octanol–water partition coefficient (Wildman–Crippen LogP) is 4.57. The molecule has 0 atom stereocenters. The molecule has 0 saturated heterocycles. The van der Waals surface area contributed by atoms with E-state index < -0.39 is 0 Å². The summed E-state index contributed by atoms with van der Waals surface area (Å²) >= 11 is 1.53. The fourth-order valence-corrected chi connectivity index (χ4v) is 4.38. The fourth-order valence-electron chi connectivity index (χ4n) is 3.15. The normalized spacial score (nSPS) is 13.0. The molecule has 2 nitrogen and oxygen atoms in total. The number of halogens is 1. The number of fused-ring (bicyclic) bond motifs is 3. The first-order valence-corrected chi connectivity index (χ1v) is 9.11. The number of rotatable bonds is 6. The SMILES string of the molecule is CCN(CC)CCC(=O)c1cc2c(s1)-c1cc(F)ccc1CC2. The van der Waals surface area contributed by atoms with Gasteiger partial charge in [-0.05, 0) is 60.8 Å². The average molecular weight is 331 g/mol. The Morgan fingerprint density at radius 2 is 1.91 bits per heavy atom. The number of hydrogen-bond acceptors (Lipinski definition) is 3. The Labute approximate surface area is 140 Å². The second kappa shape index (κ2) is 6.93. The van der Waals surface area contributed by atoms with E-state index in [9.17, 15) is 9.18 Å². The number of thiophene rings is 1. The smallest absolute Gasteiger partial charge is 0.174 e. The van der Waals surface area contributed by atoms with E-state index in [4.69, 9.17) is 0 Å². The van der Waals surface area contributed by atoms with E-state index >= 15 is 0 Å². The fraction of sp³-hybridized carbons (Fsp3) is 0.421. The summed E-state index contributed by atoms with van der Waals surface area (Å²) in [4.78, 5) is 16.6. The lowest BCUT2D eigenvalue weighted by molar-refractivity contribution is 0.0970. The number of carbonyl (C=O) groups is 1. The van der Waals surface area contributed by atoms with Gasteiger partial charge >= 0.3 is 0 Å². The molecule has 0 bridgehead atoms. The Bertz CT molecular complexity index is 718. The molecule has 23 heavy (non-hydrogen) atoms. The van der Waals surface area contributed by atoms with E-state index in [2.05, 4.69) is 18.7 Å². The maximum Gasteiger partial charge on any atom is 0.174 e. The first kappa shape index (κ1) is 16.3. The maximum absolute atomic E-state index is 13.6. The largest absolute Gasteiger partial charge is 0.303 e. The molecular weight excluding hydrogens is 309 g/mol. The molecule has 1 aliphatic carbocycles. The molecule has 1 heterocycles. The highest BCUT2D eigenvalue weighted by Crippen LogP contribution is 2.40. The summed E-state index contributed by atoms with van der Waals surface area (Å²) < 4.78 is 13.6. The Hall–Kier alpha value is -1.52. The first-order valence-electron chi connectivity index (χ1n) is 8.29. The molecule has 0 fully saturated rings. The Balaban J connectivity index is 1.81. The zero-order valence-corrected chi connectivity index (χ0v) is 14.5. The second-order valence-electron chi connectivity index (χ2n) is 5.97. The van der Waals surface area contributed by atoms with Crippen LogP contribution in [0.2, 0.25) is 0 Å². The second-order valence-corrected chi connectivity index (χ2v) is 7.02. The lowest BCUT2D eigenvalue weighted by Gasteiger charge is -2.16. The number of hydrogen-bond donors (Lipinski definition) is 0. The highest BCUT2D eigenvalue weighted by molar-refractivity contribution is 7.17. The molecule has 1 aliphatic rings. The highest BCUT2D eigenvalue weighted by Gasteiger charge is 2.22. The van der Waals surface area contributed by atoms with Crippen LogP contribution in [-0.4, -0.2) is 30.3 Å². The molecule has 0 unspecified atom stereocenters. The van der Waals surface area contributed by atoms with Crippen molar-refractivity contribution in [1.29, 1.82) is 0 Å². The van der Waals surface area contributed by atoms with Crippen molar-refractivity contribution in [3.05, 3.63) is 46.1 Å². The van der Waals surface area contributed by atoms with Crippen molar-refractivity contribution in [3.63, 3.8) is 0 Å². The van der Waals surface area contributed by atoms with Crippen LogP contribution in [0, 0.1) is 5.82 Å². The van der Waals surface area contributed by atoms with Crippen LogP contribution in [0.1, 0.15) is 41.1 Å². The van der Waals surface area contributed by atoms with Crippen LogP contribution in [0.3, 0.4) is 0 Å². The van der Waals surface area contributed by atoms with E-state index in [1.807, 2.05) is 12.1 Å². The third-order valence-electron chi connectivity index (χ3n) is 4.61. The third-order valence-corrected chi connectivity index (χ3v) is 5.87. The number of Topliss-reactive ketones (excluding diaryl/α,β-unsaturated/α-hetero) is 1. The summed E-state index contributed by atoms with van der Waals surface area (Å²) in [6.45, 7) is 6.97. The average Bonchev–Trinajstić information content (AvgIpc) is 3.00. The minimum absolute atomic E-state index is 0.203. The molecule has 1 aromatic carbocycles. The highest BCUT2D eigenvalue weighted by atomic mass is 32.1. The molecule has 0 N–H and O–H groups in total. The van der Waals surface area contributed by atoms with Gasteiger partial charge in [0, 0.05) is 17.8 Å². The molecule has 4 heteroatoms. The van der Waals surface area contributed by atoms with Crippen molar-refractivity contribution >= 4 is 17.1 Å². The molecular formula is C19H22FNOS. The quantitative estimate of drug-likeness (QED) is 0.723. The van der Waals surface area contributed by atoms with Gasteiger partial charge in [0.1, 0.15) is 5.82 Å². The summed E-state index contributed by atoms with van der Waals surface area (Å²) in [5.41, 5.74) is 3.35. The van der Waals surface area contributed by atoms with Gasteiger partial charge in [0.15, 0.2) is 5.78 Å². The number of aryl methyl sites for hydroxylation is 2. The van der Waals surface area contributed by atoms with Gasteiger partial charge in [-0.25, -0.2) is 4.39 Å². The van der Waals surface area contributed by atoms with Crippen LogP contribution in [0.15, 0.2) is 24.3 Å². The maximum atomic E-state index is 13.6. The summed E-state index contributed by atoms with van der Waals surface area (Å²) in [6.07, 6.45) is 2.41. The number of benzene rings is 1. The summed E-state index contributed by atoms with van der Waals surface area (Å²) in [7, 11) is 0. The summed E-state index contributed by atoms with van der Waals surface area (Å²) in [5, 5.41) is 0. The Morgan fingerprint density at radius 1 is 1.17 bits per heavy atom. The zero-order chi connectivity index (χ0) is 16.4. The van der Waals surface area contributed by atoms with Gasteiger partial charge in [0.05, 0.1) is 4.88 Å². The minimum Gasteiger partial charge on any atom is -0.303 e. The lowest BCUT2D eigenvalue weighted by atomic mass is 9.91. The van der Waals surface area contributed by atoms with E-state index in [1.165, 1.54) is 28.5 Å². The molecule has 0 radical (unpaired) electrons. The van der Waals surface area contributed by atoms with Gasteiger partial charge in [-0.3, -0.25) is 4.79 Å². The monoisotopic (exact) mass is 331 g/mol. The molecule has 122 valence electrons. The van der Waals surface area contributed by atoms with E-state index in [0.29, 0.717) is 6.42 Å². The van der Waals surface area contributed by atoms with Crippen molar-refractivity contribution in [1.82, 2.24) is 4.90 Å². The topological polar surface area (TPSA) is 20.3 Å². The van der Waals surface area contributed by atoms with E-state index in [0.717, 1.165) is 47.8 Å². The van der Waals surface area contributed by atoms with Gasteiger partial charge in [0.2, 0.25) is 0 Å². The Kier molecular flexibility index (Phi) is 4.93. The van der Waals surface area contributed by atoms with Crippen LogP contribution in [0.25, 0.3) is 10.4 Å². The third kappa shape index (κ3) is 3.38. The van der Waals surface area contributed by atoms with Crippen LogP contribution in [0.5, 0.6) is 0 Å². The van der Waals surface area contributed by atoms with Crippen molar-refractivity contribution in [3.8, 4) is 10.4 Å². The number of carbonyl (C=O) groups excluding carboxylic acids is 1. The molecule has 0 aliphatic heterocycles. The first-order chi connectivity index (χ1) is 11.1. The lowest BCUT2D eigenvalue weighted by Crippen LogP contribution is -2.25. The van der Waals surface area contributed by atoms with Crippen LogP contribution in [-0.2, 0) is 12.8 Å². The zero-order valence-electron chi connectivity index (χ0n) is 13.7. The molecule has 0 spiro atoms. The molecule has 3 rings (SSSR count). The van der Waals surface area contributed by atoms with Crippen molar-refractivity contribution in [2.75, 3.05) is 19.6 Å². The number of ketones is 1. The predicted molar refractivity (Wildman–Crippen MR) is 93.9 cm³/mol.